The highest BCUT2D eigenvalue weighted by atomic mass is 16.6. The number of imide groups is 1. The smallest absolute Gasteiger partial charge is 0.417 e. The molecule has 1 aliphatic heterocycles. The van der Waals surface area contributed by atoms with Gasteiger partial charge in [0.2, 0.25) is 5.91 Å². The molecule has 4 nitrogen and oxygen atoms in total. The lowest BCUT2D eigenvalue weighted by molar-refractivity contribution is -0.130. The summed E-state index contributed by atoms with van der Waals surface area (Å²) < 4.78 is 5.52. The number of rotatable bonds is 9. The van der Waals surface area contributed by atoms with Crippen LogP contribution in [0.5, 0.6) is 0 Å². The van der Waals surface area contributed by atoms with E-state index in [-0.39, 0.29) is 17.9 Å². The van der Waals surface area contributed by atoms with Gasteiger partial charge in [0.1, 0.15) is 11.6 Å². The zero-order valence-electron chi connectivity index (χ0n) is 16.7. The normalized spacial score (nSPS) is 20.1. The fraction of sp³-hybridized carbons (Fsp3) is 0.636. The number of carbonyl (C=O) groups is 2. The molecule has 0 spiro atoms. The predicted octanol–water partition coefficient (Wildman–Crippen LogP) is 5.87. The van der Waals surface area contributed by atoms with E-state index >= 15 is 0 Å². The first-order chi connectivity index (χ1) is 12.4. The minimum Gasteiger partial charge on any atom is -0.440 e. The van der Waals surface area contributed by atoms with Gasteiger partial charge < -0.3 is 4.74 Å². The third-order valence-corrected chi connectivity index (χ3v) is 5.17. The Morgan fingerprint density at radius 2 is 1.81 bits per heavy atom. The Labute approximate surface area is 157 Å². The van der Waals surface area contributed by atoms with Gasteiger partial charge in [-0.2, -0.15) is 0 Å². The fourth-order valence-electron chi connectivity index (χ4n) is 3.77. The van der Waals surface area contributed by atoms with Crippen molar-refractivity contribution < 1.29 is 14.3 Å². The second-order valence-corrected chi connectivity index (χ2v) is 8.06. The topological polar surface area (TPSA) is 46.6 Å². The summed E-state index contributed by atoms with van der Waals surface area (Å²) >= 11 is 0. The van der Waals surface area contributed by atoms with Crippen LogP contribution in [0.25, 0.3) is 0 Å². The molecule has 4 heteroatoms. The molecule has 0 saturated carbocycles. The van der Waals surface area contributed by atoms with Crippen LogP contribution in [-0.2, 0) is 9.53 Å². The molecule has 2 amide bonds. The highest BCUT2D eigenvalue weighted by Gasteiger charge is 2.51. The Balaban J connectivity index is 2.00. The van der Waals surface area contributed by atoms with Gasteiger partial charge in [0, 0.05) is 6.42 Å². The molecule has 2 rings (SSSR count). The van der Waals surface area contributed by atoms with E-state index in [0.29, 0.717) is 6.42 Å². The summed E-state index contributed by atoms with van der Waals surface area (Å²) in [6, 6.07) is 9.31. The van der Waals surface area contributed by atoms with Gasteiger partial charge in [-0.25, -0.2) is 9.69 Å². The maximum absolute atomic E-state index is 12.9. The zero-order valence-corrected chi connectivity index (χ0v) is 16.7. The molecule has 1 saturated heterocycles. The molecule has 144 valence electrons. The number of hydrogen-bond acceptors (Lipinski definition) is 3. The monoisotopic (exact) mass is 359 g/mol. The predicted molar refractivity (Wildman–Crippen MR) is 104 cm³/mol. The molecule has 0 unspecified atom stereocenters. The van der Waals surface area contributed by atoms with Crippen molar-refractivity contribution in [3.63, 3.8) is 0 Å². The van der Waals surface area contributed by atoms with E-state index in [1.807, 2.05) is 44.2 Å². The van der Waals surface area contributed by atoms with Crippen molar-refractivity contribution in [2.75, 3.05) is 0 Å². The summed E-state index contributed by atoms with van der Waals surface area (Å²) in [6.45, 7) is 8.04. The molecule has 1 aliphatic rings. The van der Waals surface area contributed by atoms with Gasteiger partial charge in [-0.15, -0.1) is 0 Å². The van der Waals surface area contributed by atoms with Crippen molar-refractivity contribution in [1.82, 2.24) is 4.90 Å². The summed E-state index contributed by atoms with van der Waals surface area (Å²) in [6.07, 6.45) is 7.04. The number of hydrogen-bond donors (Lipinski definition) is 0. The van der Waals surface area contributed by atoms with Crippen LogP contribution in [0.3, 0.4) is 0 Å². The summed E-state index contributed by atoms with van der Waals surface area (Å²) in [5.74, 6) is 0.146. The standard InChI is InChI=1S/C22H33NO3/c1-5-6-7-8-10-13-17(2)16-19(24)23-20(18-14-11-9-12-15-18)22(3,4)26-21(23)25/h9,11-12,14-15,17,20H,5-8,10,13,16H2,1-4H3/t17-,20-/m0/s1. The molecule has 1 fully saturated rings. The van der Waals surface area contributed by atoms with Crippen LogP contribution >= 0.6 is 0 Å². The minimum atomic E-state index is -0.725. The first-order valence-electron chi connectivity index (χ1n) is 9.96. The maximum atomic E-state index is 12.9. The first kappa shape index (κ1) is 20.5. The Kier molecular flexibility index (Phi) is 7.24. The van der Waals surface area contributed by atoms with Crippen molar-refractivity contribution in [3.8, 4) is 0 Å². The van der Waals surface area contributed by atoms with Crippen LogP contribution in [0.1, 0.15) is 84.2 Å². The van der Waals surface area contributed by atoms with Crippen molar-refractivity contribution in [1.29, 1.82) is 0 Å². The number of unbranched alkanes of at least 4 members (excludes halogenated alkanes) is 4. The molecular formula is C22H33NO3. The molecular weight excluding hydrogens is 326 g/mol. The molecule has 1 aromatic rings. The minimum absolute atomic E-state index is 0.129. The Morgan fingerprint density at radius 1 is 1.15 bits per heavy atom. The molecule has 0 bridgehead atoms. The van der Waals surface area contributed by atoms with Crippen LogP contribution in [0.15, 0.2) is 30.3 Å². The summed E-state index contributed by atoms with van der Waals surface area (Å²) in [5.41, 5.74) is 0.209. The Morgan fingerprint density at radius 3 is 2.46 bits per heavy atom. The van der Waals surface area contributed by atoms with Gasteiger partial charge in [0.25, 0.3) is 0 Å². The zero-order chi connectivity index (χ0) is 19.2. The molecule has 0 radical (unpaired) electrons. The van der Waals surface area contributed by atoms with Gasteiger partial charge in [0.05, 0.1) is 0 Å². The summed E-state index contributed by atoms with van der Waals surface area (Å²) in [4.78, 5) is 26.6. The second-order valence-electron chi connectivity index (χ2n) is 8.06. The Hall–Kier alpha value is -1.84. The van der Waals surface area contributed by atoms with Gasteiger partial charge >= 0.3 is 6.09 Å². The largest absolute Gasteiger partial charge is 0.440 e. The molecule has 0 N–H and O–H groups in total. The lowest BCUT2D eigenvalue weighted by Gasteiger charge is -2.28. The number of amides is 2. The van der Waals surface area contributed by atoms with Crippen LogP contribution < -0.4 is 0 Å². The van der Waals surface area contributed by atoms with Crippen molar-refractivity contribution in [3.05, 3.63) is 35.9 Å². The number of benzene rings is 1. The number of cyclic esters (lactones) is 1. The molecule has 2 atom stereocenters. The molecule has 1 aromatic carbocycles. The highest BCUT2D eigenvalue weighted by Crippen LogP contribution is 2.41. The van der Waals surface area contributed by atoms with E-state index in [2.05, 4.69) is 13.8 Å². The summed E-state index contributed by atoms with van der Waals surface area (Å²) in [5, 5.41) is 0. The van der Waals surface area contributed by atoms with Crippen LogP contribution in [0.4, 0.5) is 4.79 Å². The molecule has 26 heavy (non-hydrogen) atoms. The number of nitrogens with zero attached hydrogens (tertiary/aromatic N) is 1. The van der Waals surface area contributed by atoms with E-state index in [1.165, 1.54) is 30.6 Å². The van der Waals surface area contributed by atoms with E-state index in [4.69, 9.17) is 4.74 Å². The Bertz CT molecular complexity index is 597. The first-order valence-corrected chi connectivity index (χ1v) is 9.96. The van der Waals surface area contributed by atoms with Gasteiger partial charge in [0.15, 0.2) is 0 Å². The van der Waals surface area contributed by atoms with Crippen LogP contribution in [0.2, 0.25) is 0 Å². The van der Waals surface area contributed by atoms with Crippen LogP contribution in [-0.4, -0.2) is 22.5 Å². The fourth-order valence-corrected chi connectivity index (χ4v) is 3.77. The molecule has 0 aromatic heterocycles. The number of ether oxygens (including phenoxy) is 1. The average molecular weight is 360 g/mol. The number of carbonyl (C=O) groups excluding carboxylic acids is 2. The summed E-state index contributed by atoms with van der Waals surface area (Å²) in [7, 11) is 0. The van der Waals surface area contributed by atoms with E-state index in [0.717, 1.165) is 18.4 Å². The second kappa shape index (κ2) is 9.20. The SMILES string of the molecule is CCCCCCC[C@H](C)CC(=O)N1C(=O)OC(C)(C)[C@@H]1c1ccccc1. The van der Waals surface area contributed by atoms with E-state index in [9.17, 15) is 9.59 Å². The van der Waals surface area contributed by atoms with E-state index in [1.54, 1.807) is 0 Å². The van der Waals surface area contributed by atoms with Gasteiger partial charge in [-0.3, -0.25) is 4.79 Å². The quantitative estimate of drug-likeness (QED) is 0.518. The lowest BCUT2D eigenvalue weighted by Crippen LogP contribution is -2.38. The third-order valence-electron chi connectivity index (χ3n) is 5.17. The highest BCUT2D eigenvalue weighted by molar-refractivity contribution is 5.94. The van der Waals surface area contributed by atoms with Crippen molar-refractivity contribution in [2.24, 2.45) is 5.92 Å². The third kappa shape index (κ3) is 5.09. The maximum Gasteiger partial charge on any atom is 0.417 e. The van der Waals surface area contributed by atoms with Gasteiger partial charge in [-0.05, 0) is 25.3 Å². The van der Waals surface area contributed by atoms with Crippen LogP contribution in [0, 0.1) is 5.92 Å². The lowest BCUT2D eigenvalue weighted by atomic mass is 9.90. The average Bonchev–Trinajstić information content (AvgIpc) is 2.84. The van der Waals surface area contributed by atoms with Crippen molar-refractivity contribution in [2.45, 2.75) is 84.3 Å². The molecule has 1 heterocycles. The van der Waals surface area contributed by atoms with Crippen molar-refractivity contribution >= 4 is 12.0 Å². The molecule has 0 aliphatic carbocycles. The van der Waals surface area contributed by atoms with E-state index < -0.39 is 11.7 Å². The van der Waals surface area contributed by atoms with Gasteiger partial charge in [-0.1, -0.05) is 82.7 Å².